The molecule has 0 radical (unpaired) electrons. The predicted molar refractivity (Wildman–Crippen MR) is 137 cm³/mol. The zero-order valence-electron chi connectivity index (χ0n) is 20.3. The lowest BCUT2D eigenvalue weighted by Crippen LogP contribution is -2.26. The summed E-state index contributed by atoms with van der Waals surface area (Å²) in [7, 11) is 0. The topological polar surface area (TPSA) is 51.6 Å². The second-order valence-corrected chi connectivity index (χ2v) is 9.26. The lowest BCUT2D eigenvalue weighted by Gasteiger charge is -2.22. The number of aromatic hydroxyl groups is 1. The van der Waals surface area contributed by atoms with Crippen molar-refractivity contribution in [3.8, 4) is 11.6 Å². The highest BCUT2D eigenvalue weighted by Gasteiger charge is 2.17. The molecule has 1 atom stereocenters. The molecule has 1 N–H and O–H groups in total. The van der Waals surface area contributed by atoms with Crippen LogP contribution in [0.5, 0.6) is 11.6 Å². The standard InChI is InChI=1S/C30H37NO3/c1-2-8-23-12-14-25(15-13-23)17-19-28-27(18-16-24-9-4-3-5-10-24)29(32)21-30(31-28)34-22-26-11-6-7-20-33-26/h3-5,9-10,12-15,21,26H,2,6-8,11,16-20,22H2,1H3,(H,31,32). The van der Waals surface area contributed by atoms with Crippen LogP contribution >= 0.6 is 0 Å². The molecule has 1 aliphatic rings. The molecular weight excluding hydrogens is 422 g/mol. The number of nitrogens with zero attached hydrogens (tertiary/aromatic N) is 1. The van der Waals surface area contributed by atoms with Crippen LogP contribution in [0.3, 0.4) is 0 Å². The lowest BCUT2D eigenvalue weighted by atomic mass is 9.98. The third-order valence-electron chi connectivity index (χ3n) is 6.57. The Kier molecular flexibility index (Phi) is 8.97. The van der Waals surface area contributed by atoms with Gasteiger partial charge in [-0.25, -0.2) is 4.98 Å². The zero-order chi connectivity index (χ0) is 23.6. The summed E-state index contributed by atoms with van der Waals surface area (Å²) in [6, 6.07) is 21.0. The van der Waals surface area contributed by atoms with Crippen LogP contribution in [0.2, 0.25) is 0 Å². The summed E-state index contributed by atoms with van der Waals surface area (Å²) in [6.07, 6.45) is 8.96. The molecule has 4 heteroatoms. The van der Waals surface area contributed by atoms with Crippen molar-refractivity contribution in [2.45, 2.75) is 70.8 Å². The number of aryl methyl sites for hydroxylation is 4. The molecule has 1 aromatic heterocycles. The van der Waals surface area contributed by atoms with Gasteiger partial charge in [-0.3, -0.25) is 0 Å². The minimum atomic E-state index is 0.112. The maximum Gasteiger partial charge on any atom is 0.217 e. The molecule has 0 amide bonds. The van der Waals surface area contributed by atoms with E-state index in [1.165, 1.54) is 23.1 Å². The quantitative estimate of drug-likeness (QED) is 0.368. The van der Waals surface area contributed by atoms with Crippen LogP contribution in [-0.4, -0.2) is 29.4 Å². The van der Waals surface area contributed by atoms with E-state index in [1.807, 2.05) is 6.07 Å². The van der Waals surface area contributed by atoms with Gasteiger partial charge in [0.25, 0.3) is 0 Å². The molecule has 1 aliphatic heterocycles. The van der Waals surface area contributed by atoms with Gasteiger partial charge >= 0.3 is 0 Å². The first-order valence-electron chi connectivity index (χ1n) is 12.8. The Morgan fingerprint density at radius 3 is 2.29 bits per heavy atom. The highest BCUT2D eigenvalue weighted by atomic mass is 16.5. The van der Waals surface area contributed by atoms with Crippen LogP contribution in [0, 0.1) is 0 Å². The lowest BCUT2D eigenvalue weighted by molar-refractivity contribution is -0.0120. The van der Waals surface area contributed by atoms with Crippen molar-refractivity contribution >= 4 is 0 Å². The Balaban J connectivity index is 1.48. The number of hydrogen-bond acceptors (Lipinski definition) is 4. The van der Waals surface area contributed by atoms with E-state index >= 15 is 0 Å². The van der Waals surface area contributed by atoms with Gasteiger partial charge in [-0.05, 0) is 68.1 Å². The zero-order valence-corrected chi connectivity index (χ0v) is 20.3. The van der Waals surface area contributed by atoms with E-state index in [-0.39, 0.29) is 11.9 Å². The number of ether oxygens (including phenoxy) is 2. The molecule has 2 heterocycles. The van der Waals surface area contributed by atoms with E-state index in [4.69, 9.17) is 14.5 Å². The molecule has 1 saturated heterocycles. The first kappa shape index (κ1) is 24.3. The van der Waals surface area contributed by atoms with Crippen LogP contribution in [0.25, 0.3) is 0 Å². The van der Waals surface area contributed by atoms with Gasteiger partial charge in [0.2, 0.25) is 5.88 Å². The summed E-state index contributed by atoms with van der Waals surface area (Å²) in [5, 5.41) is 10.9. The van der Waals surface area contributed by atoms with Crippen molar-refractivity contribution in [2.24, 2.45) is 0 Å². The Hall–Kier alpha value is -2.85. The summed E-state index contributed by atoms with van der Waals surface area (Å²) in [5.41, 5.74) is 5.78. The van der Waals surface area contributed by atoms with Crippen LogP contribution in [-0.2, 0) is 36.8 Å². The minimum absolute atomic E-state index is 0.112. The highest BCUT2D eigenvalue weighted by Crippen LogP contribution is 2.28. The molecule has 4 rings (SSSR count). The average molecular weight is 460 g/mol. The van der Waals surface area contributed by atoms with Gasteiger partial charge < -0.3 is 14.6 Å². The summed E-state index contributed by atoms with van der Waals surface area (Å²) >= 11 is 0. The summed E-state index contributed by atoms with van der Waals surface area (Å²) in [6.45, 7) is 3.49. The molecule has 0 spiro atoms. The number of rotatable bonds is 11. The van der Waals surface area contributed by atoms with Gasteiger partial charge in [0.15, 0.2) is 0 Å². The molecule has 0 bridgehead atoms. The summed E-state index contributed by atoms with van der Waals surface area (Å²) in [5.74, 6) is 0.766. The monoisotopic (exact) mass is 459 g/mol. The number of aromatic nitrogens is 1. The molecule has 0 aliphatic carbocycles. The number of benzene rings is 2. The van der Waals surface area contributed by atoms with E-state index in [9.17, 15) is 5.11 Å². The Labute approximate surface area is 204 Å². The molecule has 2 aromatic carbocycles. The molecule has 1 unspecified atom stereocenters. The molecule has 1 fully saturated rings. The van der Waals surface area contributed by atoms with E-state index in [0.717, 1.165) is 69.2 Å². The third kappa shape index (κ3) is 7.07. The Bertz CT molecular complexity index is 1010. The van der Waals surface area contributed by atoms with Crippen molar-refractivity contribution in [3.05, 3.63) is 88.6 Å². The van der Waals surface area contributed by atoms with Crippen LogP contribution < -0.4 is 4.74 Å². The molecular formula is C30H37NO3. The summed E-state index contributed by atoms with van der Waals surface area (Å²) in [4.78, 5) is 4.85. The molecule has 0 saturated carbocycles. The first-order chi connectivity index (χ1) is 16.7. The van der Waals surface area contributed by atoms with Gasteiger partial charge in [0, 0.05) is 18.2 Å². The van der Waals surface area contributed by atoms with Crippen molar-refractivity contribution in [3.63, 3.8) is 0 Å². The smallest absolute Gasteiger partial charge is 0.217 e. The highest BCUT2D eigenvalue weighted by molar-refractivity contribution is 5.41. The van der Waals surface area contributed by atoms with Gasteiger partial charge in [-0.15, -0.1) is 0 Å². The van der Waals surface area contributed by atoms with E-state index in [0.29, 0.717) is 12.5 Å². The van der Waals surface area contributed by atoms with Crippen LogP contribution in [0.15, 0.2) is 60.7 Å². The van der Waals surface area contributed by atoms with Crippen molar-refractivity contribution in [1.29, 1.82) is 0 Å². The maximum absolute atomic E-state index is 10.9. The Morgan fingerprint density at radius 2 is 1.59 bits per heavy atom. The van der Waals surface area contributed by atoms with Crippen molar-refractivity contribution in [1.82, 2.24) is 4.98 Å². The second-order valence-electron chi connectivity index (χ2n) is 9.26. The average Bonchev–Trinajstić information content (AvgIpc) is 2.88. The first-order valence-corrected chi connectivity index (χ1v) is 12.8. The normalized spacial score (nSPS) is 15.9. The molecule has 180 valence electrons. The van der Waals surface area contributed by atoms with Crippen LogP contribution in [0.4, 0.5) is 0 Å². The minimum Gasteiger partial charge on any atom is -0.507 e. The van der Waals surface area contributed by atoms with Crippen molar-refractivity contribution < 1.29 is 14.6 Å². The fourth-order valence-electron chi connectivity index (χ4n) is 4.59. The molecule has 3 aromatic rings. The summed E-state index contributed by atoms with van der Waals surface area (Å²) < 4.78 is 11.8. The number of pyridine rings is 1. The van der Waals surface area contributed by atoms with E-state index in [2.05, 4.69) is 55.5 Å². The van der Waals surface area contributed by atoms with Gasteiger partial charge in [0.05, 0.1) is 11.8 Å². The maximum atomic E-state index is 10.9. The SMILES string of the molecule is CCCc1ccc(CCc2nc(OCC3CCCCO3)cc(O)c2CCc2ccccc2)cc1. The van der Waals surface area contributed by atoms with Gasteiger partial charge in [-0.2, -0.15) is 0 Å². The van der Waals surface area contributed by atoms with Gasteiger partial charge in [0.1, 0.15) is 12.4 Å². The predicted octanol–water partition coefficient (Wildman–Crippen LogP) is 6.26. The van der Waals surface area contributed by atoms with Crippen LogP contribution in [0.1, 0.15) is 60.6 Å². The van der Waals surface area contributed by atoms with Crippen molar-refractivity contribution in [2.75, 3.05) is 13.2 Å². The molecule has 4 nitrogen and oxygen atoms in total. The fourth-order valence-corrected chi connectivity index (χ4v) is 4.59. The van der Waals surface area contributed by atoms with E-state index in [1.54, 1.807) is 6.07 Å². The Morgan fingerprint density at radius 1 is 0.882 bits per heavy atom. The molecule has 34 heavy (non-hydrogen) atoms. The van der Waals surface area contributed by atoms with Gasteiger partial charge in [-0.1, -0.05) is 67.9 Å². The fraction of sp³-hybridized carbons (Fsp3) is 0.433. The third-order valence-corrected chi connectivity index (χ3v) is 6.57. The number of hydrogen-bond donors (Lipinski definition) is 1. The largest absolute Gasteiger partial charge is 0.507 e. The van der Waals surface area contributed by atoms with E-state index < -0.39 is 0 Å². The second kappa shape index (κ2) is 12.6.